The zero-order valence-corrected chi connectivity index (χ0v) is 19.3. The topological polar surface area (TPSA) is 66.4 Å². The van der Waals surface area contributed by atoms with Crippen molar-refractivity contribution in [3.63, 3.8) is 0 Å². The summed E-state index contributed by atoms with van der Waals surface area (Å²) < 4.78 is 11.2. The molecule has 1 atom stereocenters. The molecule has 0 aromatic heterocycles. The Morgan fingerprint density at radius 1 is 1.39 bits per heavy atom. The zero-order chi connectivity index (χ0) is 19.3. The smallest absolute Gasteiger partial charge is 0.259 e. The summed E-state index contributed by atoms with van der Waals surface area (Å²) in [6.45, 7) is 4.46. The van der Waals surface area contributed by atoms with Gasteiger partial charge in [-0.25, -0.2) is 0 Å². The molecule has 3 rings (SSSR count). The van der Waals surface area contributed by atoms with E-state index >= 15 is 0 Å². The van der Waals surface area contributed by atoms with Crippen LogP contribution < -0.4 is 10.1 Å². The Hall–Kier alpha value is -1.55. The maximum absolute atomic E-state index is 11.7. The summed E-state index contributed by atoms with van der Waals surface area (Å²) in [6.07, 6.45) is 2.31. The first-order valence-electron chi connectivity index (χ1n) is 9.47. The number of hydrogen-bond donors (Lipinski definition) is 1. The van der Waals surface area contributed by atoms with Crippen molar-refractivity contribution >= 4 is 35.8 Å². The molecule has 2 fully saturated rings. The number of carbonyl (C=O) groups is 1. The van der Waals surface area contributed by atoms with E-state index in [4.69, 9.17) is 9.47 Å². The summed E-state index contributed by atoms with van der Waals surface area (Å²) in [7, 11) is 5.26. The second kappa shape index (κ2) is 10.3. The van der Waals surface area contributed by atoms with Gasteiger partial charge in [-0.15, -0.1) is 24.0 Å². The third kappa shape index (κ3) is 5.73. The van der Waals surface area contributed by atoms with Crippen molar-refractivity contribution in [2.75, 3.05) is 54.1 Å². The molecule has 156 valence electrons. The van der Waals surface area contributed by atoms with E-state index in [0.29, 0.717) is 17.7 Å². The molecule has 0 bridgehead atoms. The Kier molecular flexibility index (Phi) is 8.36. The van der Waals surface area contributed by atoms with Gasteiger partial charge in [-0.1, -0.05) is 12.1 Å². The minimum absolute atomic E-state index is 0. The Morgan fingerprint density at radius 3 is 2.89 bits per heavy atom. The molecule has 28 heavy (non-hydrogen) atoms. The summed E-state index contributed by atoms with van der Waals surface area (Å²) in [6, 6.07) is 7.80. The SMILES string of the molecule is CN=C(NCc1cccc(OCC(=O)N(C)C)c1)N1CCC2(CCOC2)C1.I. The molecule has 2 aliphatic heterocycles. The molecule has 0 saturated carbocycles. The first kappa shape index (κ1) is 22.7. The van der Waals surface area contributed by atoms with Crippen molar-refractivity contribution in [1.29, 1.82) is 0 Å². The van der Waals surface area contributed by atoms with Crippen LogP contribution in [-0.2, 0) is 16.1 Å². The molecule has 0 aliphatic carbocycles. The fraction of sp³-hybridized carbons (Fsp3) is 0.600. The van der Waals surface area contributed by atoms with Crippen LogP contribution in [-0.4, -0.2) is 75.7 Å². The van der Waals surface area contributed by atoms with Crippen LogP contribution in [0.3, 0.4) is 0 Å². The molecule has 2 aliphatic rings. The highest BCUT2D eigenvalue weighted by atomic mass is 127. The van der Waals surface area contributed by atoms with Gasteiger partial charge < -0.3 is 24.6 Å². The molecule has 1 aromatic carbocycles. The summed E-state index contributed by atoms with van der Waals surface area (Å²) in [5.41, 5.74) is 1.40. The average Bonchev–Trinajstić information content (AvgIpc) is 3.30. The standard InChI is InChI=1S/C20H30N4O3.HI/c1-21-19(24-9-7-20(14-24)8-10-26-15-20)22-12-16-5-4-6-17(11-16)27-13-18(25)23(2)3;/h4-6,11H,7-10,12-15H2,1-3H3,(H,21,22);1H. The van der Waals surface area contributed by atoms with E-state index in [1.54, 1.807) is 14.1 Å². The van der Waals surface area contributed by atoms with E-state index in [2.05, 4.69) is 15.2 Å². The zero-order valence-electron chi connectivity index (χ0n) is 16.9. The third-order valence-corrected chi connectivity index (χ3v) is 5.34. The van der Waals surface area contributed by atoms with Gasteiger partial charge in [0.05, 0.1) is 6.61 Å². The number of aliphatic imine (C=N–C) groups is 1. The third-order valence-electron chi connectivity index (χ3n) is 5.34. The van der Waals surface area contributed by atoms with Gasteiger partial charge >= 0.3 is 0 Å². The van der Waals surface area contributed by atoms with Crippen LogP contribution in [0.2, 0.25) is 0 Å². The highest BCUT2D eigenvalue weighted by molar-refractivity contribution is 14.0. The average molecular weight is 502 g/mol. The van der Waals surface area contributed by atoms with Crippen LogP contribution in [0.4, 0.5) is 0 Å². The van der Waals surface area contributed by atoms with E-state index in [1.807, 2.05) is 31.3 Å². The predicted octanol–water partition coefficient (Wildman–Crippen LogP) is 1.96. The molecule has 7 nitrogen and oxygen atoms in total. The fourth-order valence-electron chi connectivity index (χ4n) is 3.62. The largest absolute Gasteiger partial charge is 0.484 e. The highest BCUT2D eigenvalue weighted by Crippen LogP contribution is 2.38. The Labute approximate surface area is 184 Å². The number of nitrogens with one attached hydrogen (secondary N) is 1. The normalized spacial score (nSPS) is 21.5. The molecule has 1 unspecified atom stereocenters. The van der Waals surface area contributed by atoms with Crippen LogP contribution in [0, 0.1) is 5.41 Å². The van der Waals surface area contributed by atoms with Gasteiger partial charge in [-0.05, 0) is 30.5 Å². The lowest BCUT2D eigenvalue weighted by molar-refractivity contribution is -0.130. The highest BCUT2D eigenvalue weighted by Gasteiger charge is 2.42. The number of halogens is 1. The van der Waals surface area contributed by atoms with Crippen molar-refractivity contribution in [3.8, 4) is 5.75 Å². The maximum Gasteiger partial charge on any atom is 0.259 e. The molecular formula is C20H31IN4O3. The summed E-state index contributed by atoms with van der Waals surface area (Å²) in [4.78, 5) is 20.0. The van der Waals surface area contributed by atoms with Gasteiger partial charge in [0, 0.05) is 52.8 Å². The number of nitrogens with zero attached hydrogens (tertiary/aromatic N) is 3. The van der Waals surface area contributed by atoms with Gasteiger partial charge in [-0.2, -0.15) is 0 Å². The molecule has 8 heteroatoms. The minimum Gasteiger partial charge on any atom is -0.484 e. The van der Waals surface area contributed by atoms with Crippen molar-refractivity contribution in [1.82, 2.24) is 15.1 Å². The van der Waals surface area contributed by atoms with Crippen LogP contribution in [0.5, 0.6) is 5.75 Å². The second-order valence-electron chi connectivity index (χ2n) is 7.60. The number of ether oxygens (including phenoxy) is 2. The van der Waals surface area contributed by atoms with Crippen LogP contribution in [0.15, 0.2) is 29.3 Å². The molecule has 2 saturated heterocycles. The first-order valence-corrected chi connectivity index (χ1v) is 9.47. The predicted molar refractivity (Wildman–Crippen MR) is 120 cm³/mol. The fourth-order valence-corrected chi connectivity index (χ4v) is 3.62. The Bertz CT molecular complexity index is 690. The summed E-state index contributed by atoms with van der Waals surface area (Å²) >= 11 is 0. The molecule has 1 spiro atoms. The monoisotopic (exact) mass is 502 g/mol. The number of rotatable bonds is 5. The van der Waals surface area contributed by atoms with Crippen molar-refractivity contribution in [2.45, 2.75) is 19.4 Å². The number of guanidine groups is 1. The lowest BCUT2D eigenvalue weighted by Gasteiger charge is -2.25. The number of carbonyl (C=O) groups excluding carboxylic acids is 1. The van der Waals surface area contributed by atoms with Crippen molar-refractivity contribution in [3.05, 3.63) is 29.8 Å². The van der Waals surface area contributed by atoms with E-state index in [9.17, 15) is 4.79 Å². The summed E-state index contributed by atoms with van der Waals surface area (Å²) in [5.74, 6) is 1.56. The van der Waals surface area contributed by atoms with Crippen LogP contribution in [0.1, 0.15) is 18.4 Å². The quantitative estimate of drug-likeness (QED) is 0.379. The molecule has 1 N–H and O–H groups in total. The number of likely N-dealkylation sites (tertiary alicyclic amines) is 1. The van der Waals surface area contributed by atoms with Crippen LogP contribution in [0.25, 0.3) is 0 Å². The first-order chi connectivity index (χ1) is 13.0. The molecule has 1 amide bonds. The second-order valence-corrected chi connectivity index (χ2v) is 7.60. The van der Waals surface area contributed by atoms with Gasteiger partial charge in [0.1, 0.15) is 5.75 Å². The van der Waals surface area contributed by atoms with Crippen LogP contribution >= 0.6 is 24.0 Å². The lowest BCUT2D eigenvalue weighted by atomic mass is 9.87. The number of hydrogen-bond acceptors (Lipinski definition) is 4. The number of likely N-dealkylation sites (N-methyl/N-ethyl adjacent to an activating group) is 1. The molecule has 2 heterocycles. The van der Waals surface area contributed by atoms with Gasteiger partial charge in [-0.3, -0.25) is 9.79 Å². The molecular weight excluding hydrogens is 471 g/mol. The lowest BCUT2D eigenvalue weighted by Crippen LogP contribution is -2.41. The van der Waals surface area contributed by atoms with E-state index in [0.717, 1.165) is 50.7 Å². The maximum atomic E-state index is 11.7. The van der Waals surface area contributed by atoms with Crippen molar-refractivity contribution in [2.24, 2.45) is 10.4 Å². The van der Waals surface area contributed by atoms with E-state index < -0.39 is 0 Å². The van der Waals surface area contributed by atoms with E-state index in [-0.39, 0.29) is 36.5 Å². The van der Waals surface area contributed by atoms with Gasteiger partial charge in [0.25, 0.3) is 5.91 Å². The Balaban J connectivity index is 0.00000280. The van der Waals surface area contributed by atoms with Crippen molar-refractivity contribution < 1.29 is 14.3 Å². The van der Waals surface area contributed by atoms with Gasteiger partial charge in [0.15, 0.2) is 12.6 Å². The minimum atomic E-state index is -0.0576. The number of amides is 1. The number of benzene rings is 1. The summed E-state index contributed by atoms with van der Waals surface area (Å²) in [5, 5.41) is 3.45. The van der Waals surface area contributed by atoms with Gasteiger partial charge in [0.2, 0.25) is 0 Å². The Morgan fingerprint density at radius 2 is 2.21 bits per heavy atom. The molecule has 1 aromatic rings. The van der Waals surface area contributed by atoms with E-state index in [1.165, 1.54) is 4.90 Å². The molecule has 0 radical (unpaired) electrons.